The molecule has 0 aliphatic carbocycles. The second kappa shape index (κ2) is 6.04. The third kappa shape index (κ3) is 2.87. The van der Waals surface area contributed by atoms with Gasteiger partial charge >= 0.3 is 0 Å². The molecule has 1 N–H and O–H groups in total. The Bertz CT molecular complexity index is 411. The lowest BCUT2D eigenvalue weighted by Gasteiger charge is -2.40. The van der Waals surface area contributed by atoms with Gasteiger partial charge in [-0.1, -0.05) is 28.9 Å². The molecule has 18 heavy (non-hydrogen) atoms. The standard InChI is InChI=1S/C14H20BrNO2/c1-3-12-9-18-10(2)7-16(12)13-5-4-11(8-17)14(15)6-13/h4-6,10,12,17H,3,7-9H2,1-2H3. The number of anilines is 1. The smallest absolute Gasteiger partial charge is 0.0723 e. The molecule has 1 aliphatic heterocycles. The van der Waals surface area contributed by atoms with Crippen molar-refractivity contribution in [2.75, 3.05) is 18.1 Å². The van der Waals surface area contributed by atoms with Crippen molar-refractivity contribution in [2.45, 2.75) is 39.0 Å². The first kappa shape index (κ1) is 13.8. The molecule has 1 aliphatic rings. The molecule has 0 saturated carbocycles. The molecule has 0 aromatic heterocycles. The summed E-state index contributed by atoms with van der Waals surface area (Å²) in [4.78, 5) is 2.40. The van der Waals surface area contributed by atoms with Gasteiger partial charge in [-0.3, -0.25) is 0 Å². The van der Waals surface area contributed by atoms with Crippen molar-refractivity contribution in [1.82, 2.24) is 0 Å². The molecule has 1 fully saturated rings. The molecule has 4 heteroatoms. The number of rotatable bonds is 3. The van der Waals surface area contributed by atoms with Crippen molar-refractivity contribution in [1.29, 1.82) is 0 Å². The van der Waals surface area contributed by atoms with E-state index in [-0.39, 0.29) is 12.7 Å². The van der Waals surface area contributed by atoms with Crippen molar-refractivity contribution in [3.05, 3.63) is 28.2 Å². The lowest BCUT2D eigenvalue weighted by Crippen LogP contribution is -2.48. The van der Waals surface area contributed by atoms with Gasteiger partial charge in [0.05, 0.1) is 25.4 Å². The molecule has 2 rings (SSSR count). The Labute approximate surface area is 117 Å². The lowest BCUT2D eigenvalue weighted by atomic mass is 10.1. The number of morpholine rings is 1. The topological polar surface area (TPSA) is 32.7 Å². The van der Waals surface area contributed by atoms with E-state index >= 15 is 0 Å². The van der Waals surface area contributed by atoms with Gasteiger partial charge in [0.1, 0.15) is 0 Å². The highest BCUT2D eigenvalue weighted by Gasteiger charge is 2.25. The Morgan fingerprint density at radius 1 is 1.50 bits per heavy atom. The lowest BCUT2D eigenvalue weighted by molar-refractivity contribution is 0.0299. The molecule has 3 nitrogen and oxygen atoms in total. The van der Waals surface area contributed by atoms with Crippen LogP contribution in [0.1, 0.15) is 25.8 Å². The van der Waals surface area contributed by atoms with Crippen LogP contribution < -0.4 is 4.90 Å². The van der Waals surface area contributed by atoms with Gasteiger partial charge < -0.3 is 14.7 Å². The number of halogens is 1. The summed E-state index contributed by atoms with van der Waals surface area (Å²) < 4.78 is 6.68. The highest BCUT2D eigenvalue weighted by molar-refractivity contribution is 9.10. The Balaban J connectivity index is 2.25. The molecule has 0 amide bonds. The number of hydrogen-bond acceptors (Lipinski definition) is 3. The molecule has 0 spiro atoms. The van der Waals surface area contributed by atoms with Gasteiger partial charge in [-0.25, -0.2) is 0 Å². The summed E-state index contributed by atoms with van der Waals surface area (Å²) in [7, 11) is 0. The van der Waals surface area contributed by atoms with Gasteiger partial charge in [0, 0.05) is 16.7 Å². The normalized spacial score (nSPS) is 24.3. The van der Waals surface area contributed by atoms with Crippen molar-refractivity contribution in [3.8, 4) is 0 Å². The maximum absolute atomic E-state index is 9.20. The molecular formula is C14H20BrNO2. The monoisotopic (exact) mass is 313 g/mol. The molecule has 1 aromatic carbocycles. The van der Waals surface area contributed by atoms with Crippen molar-refractivity contribution < 1.29 is 9.84 Å². The first-order valence-electron chi connectivity index (χ1n) is 6.43. The quantitative estimate of drug-likeness (QED) is 0.931. The number of aliphatic hydroxyl groups excluding tert-OH is 1. The zero-order valence-corrected chi connectivity index (χ0v) is 12.5. The summed E-state index contributed by atoms with van der Waals surface area (Å²) in [5.74, 6) is 0. The molecule has 2 unspecified atom stereocenters. The first-order valence-corrected chi connectivity index (χ1v) is 7.22. The highest BCUT2D eigenvalue weighted by Crippen LogP contribution is 2.28. The molecule has 100 valence electrons. The minimum Gasteiger partial charge on any atom is -0.392 e. The summed E-state index contributed by atoms with van der Waals surface area (Å²) in [6.45, 7) is 6.07. The van der Waals surface area contributed by atoms with Crippen LogP contribution in [0.4, 0.5) is 5.69 Å². The predicted octanol–water partition coefficient (Wildman–Crippen LogP) is 2.95. The molecule has 1 heterocycles. The summed E-state index contributed by atoms with van der Waals surface area (Å²) in [5.41, 5.74) is 2.12. The summed E-state index contributed by atoms with van der Waals surface area (Å²) >= 11 is 3.51. The zero-order chi connectivity index (χ0) is 13.1. The van der Waals surface area contributed by atoms with E-state index in [1.54, 1.807) is 0 Å². The van der Waals surface area contributed by atoms with E-state index in [2.05, 4.69) is 46.8 Å². The maximum atomic E-state index is 9.20. The number of hydrogen-bond donors (Lipinski definition) is 1. The second-order valence-corrected chi connectivity index (χ2v) is 5.65. The van der Waals surface area contributed by atoms with Gasteiger partial charge in [0.2, 0.25) is 0 Å². The predicted molar refractivity (Wildman–Crippen MR) is 76.9 cm³/mol. The Hall–Kier alpha value is -0.580. The molecule has 0 radical (unpaired) electrons. The Kier molecular flexibility index (Phi) is 4.65. The van der Waals surface area contributed by atoms with Gasteiger partial charge in [-0.05, 0) is 31.0 Å². The van der Waals surface area contributed by atoms with Gasteiger partial charge in [-0.2, -0.15) is 0 Å². The van der Waals surface area contributed by atoms with Crippen LogP contribution in [0.5, 0.6) is 0 Å². The second-order valence-electron chi connectivity index (χ2n) is 4.79. The van der Waals surface area contributed by atoms with Crippen molar-refractivity contribution >= 4 is 21.6 Å². The van der Waals surface area contributed by atoms with Crippen LogP contribution >= 0.6 is 15.9 Å². The van der Waals surface area contributed by atoms with Crippen LogP contribution in [-0.2, 0) is 11.3 Å². The van der Waals surface area contributed by atoms with E-state index in [9.17, 15) is 5.11 Å². The largest absolute Gasteiger partial charge is 0.392 e. The fourth-order valence-corrected chi connectivity index (χ4v) is 2.83. The van der Waals surface area contributed by atoms with E-state index in [0.717, 1.165) is 29.6 Å². The van der Waals surface area contributed by atoms with Gasteiger partial charge in [0.25, 0.3) is 0 Å². The number of benzene rings is 1. The minimum absolute atomic E-state index is 0.0670. The Morgan fingerprint density at radius 3 is 2.89 bits per heavy atom. The van der Waals surface area contributed by atoms with Crippen LogP contribution in [0, 0.1) is 0 Å². The van der Waals surface area contributed by atoms with E-state index in [1.165, 1.54) is 5.69 Å². The number of nitrogens with zero attached hydrogens (tertiary/aromatic N) is 1. The Morgan fingerprint density at radius 2 is 2.28 bits per heavy atom. The van der Waals surface area contributed by atoms with Gasteiger partial charge in [-0.15, -0.1) is 0 Å². The summed E-state index contributed by atoms with van der Waals surface area (Å²) in [6, 6.07) is 6.59. The summed E-state index contributed by atoms with van der Waals surface area (Å²) in [5, 5.41) is 9.20. The zero-order valence-electron chi connectivity index (χ0n) is 10.9. The van der Waals surface area contributed by atoms with Crippen LogP contribution in [-0.4, -0.2) is 30.4 Å². The molecule has 0 bridgehead atoms. The van der Waals surface area contributed by atoms with Crippen molar-refractivity contribution in [2.24, 2.45) is 0 Å². The number of ether oxygens (including phenoxy) is 1. The molecule has 1 aromatic rings. The first-order chi connectivity index (χ1) is 8.65. The fourth-order valence-electron chi connectivity index (χ4n) is 2.34. The van der Waals surface area contributed by atoms with Crippen LogP contribution in [0.25, 0.3) is 0 Å². The maximum Gasteiger partial charge on any atom is 0.0723 e. The third-order valence-corrected chi connectivity index (χ3v) is 4.22. The van der Waals surface area contributed by atoms with Crippen LogP contribution in [0.2, 0.25) is 0 Å². The van der Waals surface area contributed by atoms with Crippen molar-refractivity contribution in [3.63, 3.8) is 0 Å². The fraction of sp³-hybridized carbons (Fsp3) is 0.571. The number of aliphatic hydroxyl groups is 1. The van der Waals surface area contributed by atoms with E-state index in [4.69, 9.17) is 4.74 Å². The minimum atomic E-state index is 0.0670. The molecular weight excluding hydrogens is 294 g/mol. The van der Waals surface area contributed by atoms with E-state index in [0.29, 0.717) is 6.04 Å². The average Bonchev–Trinajstić information content (AvgIpc) is 2.38. The third-order valence-electron chi connectivity index (χ3n) is 3.48. The SMILES string of the molecule is CCC1COC(C)CN1c1ccc(CO)c(Br)c1. The van der Waals surface area contributed by atoms with Crippen LogP contribution in [0.3, 0.4) is 0 Å². The highest BCUT2D eigenvalue weighted by atomic mass is 79.9. The van der Waals surface area contributed by atoms with E-state index in [1.807, 2.05) is 6.07 Å². The van der Waals surface area contributed by atoms with Crippen LogP contribution in [0.15, 0.2) is 22.7 Å². The molecule has 2 atom stereocenters. The molecule has 1 saturated heterocycles. The van der Waals surface area contributed by atoms with Gasteiger partial charge in [0.15, 0.2) is 0 Å². The van der Waals surface area contributed by atoms with E-state index < -0.39 is 0 Å². The summed E-state index contributed by atoms with van der Waals surface area (Å²) in [6.07, 6.45) is 1.34. The average molecular weight is 314 g/mol.